The maximum Gasteiger partial charge on any atom is 0.236 e. The second kappa shape index (κ2) is 7.39. The molecule has 0 fully saturated rings. The Bertz CT molecular complexity index is 734. The molecule has 0 saturated heterocycles. The Kier molecular flexibility index (Phi) is 5.22. The van der Waals surface area contributed by atoms with Gasteiger partial charge in [0.1, 0.15) is 17.3 Å². The number of amides is 1. The first-order valence-corrected chi connectivity index (χ1v) is 8.88. The van der Waals surface area contributed by atoms with E-state index in [2.05, 4.69) is 29.2 Å². The topological polar surface area (TPSA) is 76.2 Å². The molecular weight excluding hydrogens is 318 g/mol. The molecule has 1 aliphatic rings. The summed E-state index contributed by atoms with van der Waals surface area (Å²) in [7, 11) is 1.80. The van der Waals surface area contributed by atoms with Crippen LogP contribution in [-0.4, -0.2) is 45.2 Å². The van der Waals surface area contributed by atoms with Crippen molar-refractivity contribution in [2.75, 3.05) is 13.6 Å². The quantitative estimate of drug-likeness (QED) is 0.865. The molecule has 0 aromatic carbocycles. The maximum absolute atomic E-state index is 12.3. The van der Waals surface area contributed by atoms with E-state index in [1.165, 1.54) is 0 Å². The van der Waals surface area contributed by atoms with Gasteiger partial charge in [-0.1, -0.05) is 13.8 Å². The molecule has 1 N–H and O–H groups in total. The van der Waals surface area contributed by atoms with Crippen LogP contribution in [0.1, 0.15) is 49.4 Å². The van der Waals surface area contributed by atoms with Gasteiger partial charge in [-0.15, -0.1) is 0 Å². The molecule has 3 heterocycles. The van der Waals surface area contributed by atoms with E-state index in [0.29, 0.717) is 19.0 Å². The summed E-state index contributed by atoms with van der Waals surface area (Å²) in [5, 5.41) is 7.94. The lowest BCUT2D eigenvalue weighted by Gasteiger charge is -2.24. The number of likely N-dealkylation sites (N-methyl/N-ethyl adjacent to an activating group) is 1. The zero-order valence-corrected chi connectivity index (χ0v) is 15.5. The lowest BCUT2D eigenvalue weighted by atomic mass is 10.1. The van der Waals surface area contributed by atoms with Gasteiger partial charge in [-0.2, -0.15) is 5.10 Å². The molecule has 0 aliphatic carbocycles. The SMILES string of the molecule is Cc1ccc(CN(C)C(=O)CN[C@H]2CCc3nc(C(C)C)nn3C2)o1. The Morgan fingerprint density at radius 2 is 2.28 bits per heavy atom. The van der Waals surface area contributed by atoms with Crippen LogP contribution in [0.25, 0.3) is 0 Å². The van der Waals surface area contributed by atoms with Crippen molar-refractivity contribution in [2.24, 2.45) is 0 Å². The molecular formula is C18H27N5O2. The molecule has 1 atom stereocenters. The summed E-state index contributed by atoms with van der Waals surface area (Å²) in [6.45, 7) is 7.69. The molecule has 1 aliphatic heterocycles. The van der Waals surface area contributed by atoms with Gasteiger partial charge in [0.15, 0.2) is 5.82 Å². The normalized spacial score (nSPS) is 16.9. The van der Waals surface area contributed by atoms with Crippen molar-refractivity contribution in [2.45, 2.75) is 58.7 Å². The number of rotatable bonds is 6. The minimum absolute atomic E-state index is 0.0568. The largest absolute Gasteiger partial charge is 0.464 e. The first-order valence-electron chi connectivity index (χ1n) is 8.88. The van der Waals surface area contributed by atoms with Gasteiger partial charge >= 0.3 is 0 Å². The Hall–Kier alpha value is -2.15. The van der Waals surface area contributed by atoms with Gasteiger partial charge in [0.05, 0.1) is 19.6 Å². The molecule has 0 radical (unpaired) electrons. The van der Waals surface area contributed by atoms with E-state index in [4.69, 9.17) is 4.42 Å². The van der Waals surface area contributed by atoms with E-state index in [0.717, 1.165) is 42.6 Å². The molecule has 7 nitrogen and oxygen atoms in total. The van der Waals surface area contributed by atoms with Crippen LogP contribution in [0.5, 0.6) is 0 Å². The summed E-state index contributed by atoms with van der Waals surface area (Å²) in [6, 6.07) is 4.07. The molecule has 7 heteroatoms. The summed E-state index contributed by atoms with van der Waals surface area (Å²) in [6.07, 6.45) is 1.87. The van der Waals surface area contributed by atoms with Crippen LogP contribution in [0.15, 0.2) is 16.5 Å². The highest BCUT2D eigenvalue weighted by Gasteiger charge is 2.23. The monoisotopic (exact) mass is 345 g/mol. The Labute approximate surface area is 148 Å². The minimum atomic E-state index is 0.0568. The summed E-state index contributed by atoms with van der Waals surface area (Å²) in [4.78, 5) is 18.6. The van der Waals surface area contributed by atoms with Crippen LogP contribution < -0.4 is 5.32 Å². The van der Waals surface area contributed by atoms with E-state index in [1.54, 1.807) is 11.9 Å². The van der Waals surface area contributed by atoms with Crippen LogP contribution in [0.3, 0.4) is 0 Å². The standard InChI is InChI=1S/C18H27N5O2/c1-12(2)18-20-16-8-6-14(10-23(16)21-18)19-9-17(24)22(4)11-15-7-5-13(3)25-15/h5,7,12,14,19H,6,8-11H2,1-4H3/t14-/m0/s1. The number of nitrogens with one attached hydrogen (secondary N) is 1. The third-order valence-corrected chi connectivity index (χ3v) is 4.55. The predicted octanol–water partition coefficient (Wildman–Crippen LogP) is 1.87. The molecule has 2 aromatic heterocycles. The predicted molar refractivity (Wildman–Crippen MR) is 94.1 cm³/mol. The van der Waals surface area contributed by atoms with Crippen molar-refractivity contribution in [3.8, 4) is 0 Å². The minimum Gasteiger partial charge on any atom is -0.464 e. The summed E-state index contributed by atoms with van der Waals surface area (Å²) < 4.78 is 7.51. The number of fused-ring (bicyclic) bond motifs is 1. The van der Waals surface area contributed by atoms with E-state index in [9.17, 15) is 4.79 Å². The fourth-order valence-corrected chi connectivity index (χ4v) is 3.00. The zero-order chi connectivity index (χ0) is 18.0. The van der Waals surface area contributed by atoms with Gasteiger partial charge in [0, 0.05) is 25.4 Å². The number of hydrogen-bond donors (Lipinski definition) is 1. The van der Waals surface area contributed by atoms with Gasteiger partial charge in [-0.25, -0.2) is 9.67 Å². The first kappa shape index (κ1) is 17.7. The summed E-state index contributed by atoms with van der Waals surface area (Å²) in [5.74, 6) is 4.02. The number of furan rings is 1. The average molecular weight is 345 g/mol. The number of carbonyl (C=O) groups excluding carboxylic acids is 1. The van der Waals surface area contributed by atoms with Crippen molar-refractivity contribution in [3.05, 3.63) is 35.3 Å². The molecule has 0 spiro atoms. The molecule has 25 heavy (non-hydrogen) atoms. The average Bonchev–Trinajstić information content (AvgIpc) is 3.18. The molecule has 3 rings (SSSR count). The van der Waals surface area contributed by atoms with Gasteiger partial charge in [-0.05, 0) is 25.5 Å². The number of aromatic nitrogens is 3. The van der Waals surface area contributed by atoms with Crippen molar-refractivity contribution >= 4 is 5.91 Å². The molecule has 136 valence electrons. The van der Waals surface area contributed by atoms with Crippen molar-refractivity contribution in [1.29, 1.82) is 0 Å². The maximum atomic E-state index is 12.3. The smallest absolute Gasteiger partial charge is 0.236 e. The van der Waals surface area contributed by atoms with Crippen LogP contribution >= 0.6 is 0 Å². The lowest BCUT2D eigenvalue weighted by Crippen LogP contribution is -2.43. The Balaban J connectivity index is 1.49. The molecule has 0 saturated carbocycles. The van der Waals surface area contributed by atoms with Crippen LogP contribution in [0.4, 0.5) is 0 Å². The molecule has 0 unspecified atom stereocenters. The Morgan fingerprint density at radius 1 is 1.48 bits per heavy atom. The lowest BCUT2D eigenvalue weighted by molar-refractivity contribution is -0.129. The van der Waals surface area contributed by atoms with Crippen molar-refractivity contribution in [3.63, 3.8) is 0 Å². The van der Waals surface area contributed by atoms with E-state index >= 15 is 0 Å². The fourth-order valence-electron chi connectivity index (χ4n) is 3.00. The van der Waals surface area contributed by atoms with Gasteiger partial charge in [0.2, 0.25) is 5.91 Å². The first-order chi connectivity index (χ1) is 11.9. The highest BCUT2D eigenvalue weighted by molar-refractivity contribution is 5.77. The van der Waals surface area contributed by atoms with Crippen molar-refractivity contribution < 1.29 is 9.21 Å². The van der Waals surface area contributed by atoms with Crippen LogP contribution in [-0.2, 0) is 24.3 Å². The number of hydrogen-bond acceptors (Lipinski definition) is 5. The summed E-state index contributed by atoms with van der Waals surface area (Å²) in [5.41, 5.74) is 0. The number of carbonyl (C=O) groups is 1. The molecule has 2 aromatic rings. The number of nitrogens with zero attached hydrogens (tertiary/aromatic N) is 4. The van der Waals surface area contributed by atoms with Crippen LogP contribution in [0.2, 0.25) is 0 Å². The third kappa shape index (κ3) is 4.28. The second-order valence-electron chi connectivity index (χ2n) is 7.10. The van der Waals surface area contributed by atoms with Gasteiger partial charge < -0.3 is 14.6 Å². The van der Waals surface area contributed by atoms with Crippen LogP contribution in [0, 0.1) is 6.92 Å². The zero-order valence-electron chi connectivity index (χ0n) is 15.5. The van der Waals surface area contributed by atoms with Gasteiger partial charge in [0.25, 0.3) is 0 Å². The second-order valence-corrected chi connectivity index (χ2v) is 7.10. The van der Waals surface area contributed by atoms with E-state index < -0.39 is 0 Å². The number of aryl methyl sites for hydroxylation is 2. The van der Waals surface area contributed by atoms with E-state index in [-0.39, 0.29) is 11.9 Å². The fraction of sp³-hybridized carbons (Fsp3) is 0.611. The van der Waals surface area contributed by atoms with Crippen molar-refractivity contribution in [1.82, 2.24) is 25.0 Å². The summed E-state index contributed by atoms with van der Waals surface area (Å²) >= 11 is 0. The third-order valence-electron chi connectivity index (χ3n) is 4.55. The molecule has 0 bridgehead atoms. The molecule has 1 amide bonds. The highest BCUT2D eigenvalue weighted by atomic mass is 16.3. The Morgan fingerprint density at radius 3 is 2.96 bits per heavy atom. The van der Waals surface area contributed by atoms with Gasteiger partial charge in [-0.3, -0.25) is 4.79 Å². The van der Waals surface area contributed by atoms with E-state index in [1.807, 2.05) is 23.7 Å². The highest BCUT2D eigenvalue weighted by Crippen LogP contribution is 2.17.